The molecule has 2 rings (SSSR count). The highest BCUT2D eigenvalue weighted by molar-refractivity contribution is 7.99. The minimum absolute atomic E-state index is 0.112. The molecule has 0 aliphatic rings. The molecule has 3 heteroatoms. The Hall–Kier alpha value is -1.74. The third-order valence-electron chi connectivity index (χ3n) is 3.29. The predicted molar refractivity (Wildman–Crippen MR) is 89.4 cm³/mol. The first kappa shape index (κ1) is 15.6. The Labute approximate surface area is 131 Å². The summed E-state index contributed by atoms with van der Waals surface area (Å²) < 4.78 is 0. The van der Waals surface area contributed by atoms with Crippen molar-refractivity contribution in [2.24, 2.45) is 0 Å². The molecule has 0 unspecified atom stereocenters. The number of hydrogen-bond acceptors (Lipinski definition) is 2. The van der Waals surface area contributed by atoms with Crippen LogP contribution in [-0.2, 0) is 4.79 Å². The zero-order valence-corrected chi connectivity index (χ0v) is 13.1. The van der Waals surface area contributed by atoms with E-state index in [0.29, 0.717) is 6.42 Å². The van der Waals surface area contributed by atoms with Crippen molar-refractivity contribution in [1.29, 1.82) is 0 Å². The highest BCUT2D eigenvalue weighted by atomic mass is 32.2. The van der Waals surface area contributed by atoms with E-state index in [4.69, 9.17) is 0 Å². The second-order valence-corrected chi connectivity index (χ2v) is 6.02. The molecule has 0 bridgehead atoms. The second kappa shape index (κ2) is 8.53. The lowest BCUT2D eigenvalue weighted by Crippen LogP contribution is -2.28. The van der Waals surface area contributed by atoms with Crippen molar-refractivity contribution in [2.45, 2.75) is 30.7 Å². The fraction of sp³-hybridized carbons (Fsp3) is 0.278. The van der Waals surface area contributed by atoms with Crippen molar-refractivity contribution in [3.63, 3.8) is 0 Å². The molecule has 110 valence electrons. The van der Waals surface area contributed by atoms with Gasteiger partial charge in [-0.05, 0) is 24.1 Å². The van der Waals surface area contributed by atoms with E-state index >= 15 is 0 Å². The second-order valence-electron chi connectivity index (χ2n) is 4.85. The summed E-state index contributed by atoms with van der Waals surface area (Å²) >= 11 is 1.72. The Balaban J connectivity index is 1.78. The van der Waals surface area contributed by atoms with Crippen molar-refractivity contribution in [3.8, 4) is 0 Å². The highest BCUT2D eigenvalue weighted by Crippen LogP contribution is 2.19. The molecule has 0 aliphatic heterocycles. The Morgan fingerprint density at radius 3 is 2.29 bits per heavy atom. The van der Waals surface area contributed by atoms with Gasteiger partial charge in [0.2, 0.25) is 5.91 Å². The summed E-state index contributed by atoms with van der Waals surface area (Å²) in [4.78, 5) is 13.3. The molecule has 0 saturated carbocycles. The maximum atomic E-state index is 12.1. The molecule has 2 aromatic carbocycles. The summed E-state index contributed by atoms with van der Waals surface area (Å²) in [5.41, 5.74) is 1.17. The monoisotopic (exact) mass is 299 g/mol. The van der Waals surface area contributed by atoms with Gasteiger partial charge in [0.05, 0.1) is 6.04 Å². The largest absolute Gasteiger partial charge is 0.349 e. The van der Waals surface area contributed by atoms with E-state index in [0.717, 1.165) is 12.2 Å². The average molecular weight is 299 g/mol. The SMILES string of the molecule is CC[C@H](NC(=O)CCSc1ccccc1)c1ccccc1. The Morgan fingerprint density at radius 2 is 1.67 bits per heavy atom. The number of carbonyl (C=O) groups is 1. The van der Waals surface area contributed by atoms with Crippen LogP contribution in [0.2, 0.25) is 0 Å². The van der Waals surface area contributed by atoms with Gasteiger partial charge in [0, 0.05) is 17.1 Å². The van der Waals surface area contributed by atoms with Gasteiger partial charge in [0.15, 0.2) is 0 Å². The van der Waals surface area contributed by atoms with Gasteiger partial charge in [-0.2, -0.15) is 0 Å². The maximum absolute atomic E-state index is 12.1. The van der Waals surface area contributed by atoms with Gasteiger partial charge < -0.3 is 5.32 Å². The zero-order valence-electron chi connectivity index (χ0n) is 12.3. The molecule has 0 spiro atoms. The van der Waals surface area contributed by atoms with E-state index < -0.39 is 0 Å². The first-order chi connectivity index (χ1) is 10.3. The quantitative estimate of drug-likeness (QED) is 0.766. The van der Waals surface area contributed by atoms with Crippen LogP contribution >= 0.6 is 11.8 Å². The summed E-state index contributed by atoms with van der Waals surface area (Å²) in [5, 5.41) is 3.12. The fourth-order valence-corrected chi connectivity index (χ4v) is 3.02. The minimum Gasteiger partial charge on any atom is -0.349 e. The Bertz CT molecular complexity index is 542. The van der Waals surface area contributed by atoms with Crippen molar-refractivity contribution in [2.75, 3.05) is 5.75 Å². The smallest absolute Gasteiger partial charge is 0.221 e. The number of carbonyl (C=O) groups excluding carboxylic acids is 1. The van der Waals surface area contributed by atoms with Crippen molar-refractivity contribution in [3.05, 3.63) is 66.2 Å². The van der Waals surface area contributed by atoms with E-state index in [1.807, 2.05) is 36.4 Å². The van der Waals surface area contributed by atoms with Crippen LogP contribution in [0.4, 0.5) is 0 Å². The maximum Gasteiger partial charge on any atom is 0.221 e. The number of amides is 1. The van der Waals surface area contributed by atoms with Crippen LogP contribution in [-0.4, -0.2) is 11.7 Å². The van der Waals surface area contributed by atoms with Gasteiger partial charge in [-0.3, -0.25) is 4.79 Å². The van der Waals surface area contributed by atoms with Gasteiger partial charge in [0.25, 0.3) is 0 Å². The van der Waals surface area contributed by atoms with Gasteiger partial charge in [-0.25, -0.2) is 0 Å². The molecule has 2 aromatic rings. The Morgan fingerprint density at radius 1 is 1.05 bits per heavy atom. The molecule has 0 aromatic heterocycles. The minimum atomic E-state index is 0.112. The third kappa shape index (κ3) is 5.27. The van der Waals surface area contributed by atoms with E-state index in [9.17, 15) is 4.79 Å². The van der Waals surface area contributed by atoms with Crippen LogP contribution < -0.4 is 5.32 Å². The number of rotatable bonds is 7. The lowest BCUT2D eigenvalue weighted by Gasteiger charge is -2.17. The van der Waals surface area contributed by atoms with Crippen molar-refractivity contribution in [1.82, 2.24) is 5.32 Å². The Kier molecular flexibility index (Phi) is 6.35. The molecule has 1 amide bonds. The zero-order chi connectivity index (χ0) is 14.9. The van der Waals surface area contributed by atoms with E-state index in [1.165, 1.54) is 10.5 Å². The summed E-state index contributed by atoms with van der Waals surface area (Å²) in [6, 6.07) is 20.4. The summed E-state index contributed by atoms with van der Waals surface area (Å²) in [5.74, 6) is 0.926. The molecule has 0 heterocycles. The molecule has 0 radical (unpaired) electrons. The van der Waals surface area contributed by atoms with Crippen LogP contribution in [0.5, 0.6) is 0 Å². The average Bonchev–Trinajstić information content (AvgIpc) is 2.54. The molecule has 1 atom stereocenters. The van der Waals surface area contributed by atoms with Crippen LogP contribution in [0.25, 0.3) is 0 Å². The van der Waals surface area contributed by atoms with Crippen molar-refractivity contribution >= 4 is 17.7 Å². The van der Waals surface area contributed by atoms with Crippen LogP contribution in [0.15, 0.2) is 65.6 Å². The molecular formula is C18H21NOS. The standard InChI is InChI=1S/C18H21NOS/c1-2-17(15-9-5-3-6-10-15)19-18(20)13-14-21-16-11-7-4-8-12-16/h3-12,17H,2,13-14H2,1H3,(H,19,20)/t17-/m0/s1. The van der Waals surface area contributed by atoms with E-state index in [1.54, 1.807) is 11.8 Å². The van der Waals surface area contributed by atoms with Gasteiger partial charge >= 0.3 is 0 Å². The lowest BCUT2D eigenvalue weighted by atomic mass is 10.0. The molecule has 0 saturated heterocycles. The number of hydrogen-bond donors (Lipinski definition) is 1. The first-order valence-corrected chi connectivity index (χ1v) is 8.30. The third-order valence-corrected chi connectivity index (χ3v) is 4.30. The van der Waals surface area contributed by atoms with E-state index in [-0.39, 0.29) is 11.9 Å². The normalized spacial score (nSPS) is 11.9. The van der Waals surface area contributed by atoms with Gasteiger partial charge in [0.1, 0.15) is 0 Å². The van der Waals surface area contributed by atoms with Crippen LogP contribution in [0.3, 0.4) is 0 Å². The molecule has 2 nitrogen and oxygen atoms in total. The molecule has 21 heavy (non-hydrogen) atoms. The van der Waals surface area contributed by atoms with Gasteiger partial charge in [-0.15, -0.1) is 11.8 Å². The van der Waals surface area contributed by atoms with E-state index in [2.05, 4.69) is 36.5 Å². The van der Waals surface area contributed by atoms with Crippen molar-refractivity contribution < 1.29 is 4.79 Å². The summed E-state index contributed by atoms with van der Waals surface area (Å²) in [6.07, 6.45) is 1.45. The molecule has 0 aliphatic carbocycles. The molecule has 1 N–H and O–H groups in total. The fourth-order valence-electron chi connectivity index (χ4n) is 2.15. The molecular weight excluding hydrogens is 278 g/mol. The predicted octanol–water partition coefficient (Wildman–Crippen LogP) is 4.44. The van der Waals surface area contributed by atoms with Gasteiger partial charge in [-0.1, -0.05) is 55.5 Å². The number of thioether (sulfide) groups is 1. The lowest BCUT2D eigenvalue weighted by molar-refractivity contribution is -0.121. The molecule has 0 fully saturated rings. The summed E-state index contributed by atoms with van der Waals surface area (Å²) in [6.45, 7) is 2.09. The number of nitrogens with one attached hydrogen (secondary N) is 1. The van der Waals surface area contributed by atoms with Crippen LogP contribution in [0, 0.1) is 0 Å². The number of benzene rings is 2. The first-order valence-electron chi connectivity index (χ1n) is 7.31. The van der Waals surface area contributed by atoms with Crippen LogP contribution in [0.1, 0.15) is 31.4 Å². The topological polar surface area (TPSA) is 29.1 Å². The summed E-state index contributed by atoms with van der Waals surface area (Å²) in [7, 11) is 0. The highest BCUT2D eigenvalue weighted by Gasteiger charge is 2.11.